The molecule has 0 saturated heterocycles. The van der Waals surface area contributed by atoms with Crippen molar-refractivity contribution in [3.63, 3.8) is 0 Å². The monoisotopic (exact) mass is 206 g/mol. The second-order valence-electron chi connectivity index (χ2n) is 0.201. The summed E-state index contributed by atoms with van der Waals surface area (Å²) < 4.78 is 24.3. The molecule has 0 aliphatic carbocycles. The summed E-state index contributed by atoms with van der Waals surface area (Å²) in [5.74, 6) is 0. The summed E-state index contributed by atoms with van der Waals surface area (Å²) in [7, 11) is 0. The SMILES string of the molecule is O.O.O.[NaH].[O-][Br+2]([O-])O. The summed E-state index contributed by atoms with van der Waals surface area (Å²) >= 11 is -3.40. The van der Waals surface area contributed by atoms with Crippen LogP contribution in [0.1, 0.15) is 0 Å². The minimum Gasteiger partial charge on any atom is -0.372 e. The smallest absolute Gasteiger partial charge is 0.372 e. The van der Waals surface area contributed by atoms with Crippen molar-refractivity contribution < 1.29 is 43.8 Å². The summed E-state index contributed by atoms with van der Waals surface area (Å²) in [6.07, 6.45) is 0. The van der Waals surface area contributed by atoms with Gasteiger partial charge in [-0.05, 0) is 4.20 Å². The molecule has 0 aromatic rings. The fourth-order valence-electron chi connectivity index (χ4n) is 0. The average molecular weight is 207 g/mol. The Hall–Kier alpha value is 1.24. The van der Waals surface area contributed by atoms with E-state index in [1.165, 1.54) is 0 Å². The minimum atomic E-state index is -3.40. The van der Waals surface area contributed by atoms with E-state index in [0.29, 0.717) is 0 Å². The molecule has 0 bridgehead atoms. The molecule has 0 aromatic heterocycles. The first-order valence-corrected chi connectivity index (χ1v) is 2.48. The number of hydrogen-bond donors (Lipinski definition) is 1. The van der Waals surface area contributed by atoms with Crippen LogP contribution >= 0.6 is 0 Å². The van der Waals surface area contributed by atoms with E-state index in [-0.39, 0.29) is 46.0 Å². The Balaban J connectivity index is -0.00000000750. The van der Waals surface area contributed by atoms with Crippen LogP contribution in [-0.2, 0) is 0 Å². The zero-order chi connectivity index (χ0) is 3.58. The summed E-state index contributed by atoms with van der Waals surface area (Å²) in [5.41, 5.74) is 0. The molecule has 0 saturated carbocycles. The van der Waals surface area contributed by atoms with E-state index in [2.05, 4.69) is 0 Å². The second kappa shape index (κ2) is 24.0. The van der Waals surface area contributed by atoms with Gasteiger partial charge in [-0.15, -0.1) is 0 Å². The zero-order valence-electron chi connectivity index (χ0n) is 3.14. The molecule has 0 fully saturated rings. The standard InChI is InChI=1S/BrHO3.Na.3H2O.H/c2-1(3)4;;;;;/h2H;;3*1H2;. The zero-order valence-corrected chi connectivity index (χ0v) is 4.73. The van der Waals surface area contributed by atoms with Gasteiger partial charge in [0, 0.05) is 0 Å². The van der Waals surface area contributed by atoms with E-state index < -0.39 is 14.8 Å². The Morgan fingerprint density at radius 3 is 1.00 bits per heavy atom. The molecule has 8 heteroatoms. The van der Waals surface area contributed by atoms with Crippen molar-refractivity contribution in [1.82, 2.24) is 0 Å². The molecule has 0 amide bonds. The molecule has 0 unspecified atom stereocenters. The van der Waals surface area contributed by atoms with Crippen LogP contribution < -0.4 is 8.40 Å². The third kappa shape index (κ3) is 183. The van der Waals surface area contributed by atoms with Crippen molar-refractivity contribution in [1.29, 1.82) is 0 Å². The van der Waals surface area contributed by atoms with Gasteiger partial charge in [-0.3, -0.25) is 0 Å². The molecule has 7 N–H and O–H groups in total. The van der Waals surface area contributed by atoms with Gasteiger partial charge in [0.15, 0.2) is 0 Å². The van der Waals surface area contributed by atoms with E-state index >= 15 is 0 Å². The summed E-state index contributed by atoms with van der Waals surface area (Å²) in [6.45, 7) is 0. The molecule has 0 spiro atoms. The fourth-order valence-corrected chi connectivity index (χ4v) is 0. The van der Waals surface area contributed by atoms with Gasteiger partial charge in [-0.25, -0.2) is 0 Å². The maximum atomic E-state index is 8.63. The van der Waals surface area contributed by atoms with Gasteiger partial charge < -0.3 is 24.8 Å². The molecule has 0 rings (SSSR count). The van der Waals surface area contributed by atoms with Gasteiger partial charge in [-0.1, -0.05) is 0 Å². The topological polar surface area (TPSA) is 161 Å². The Kier molecular flexibility index (Phi) is 105. The number of rotatable bonds is 0. The first-order valence-electron chi connectivity index (χ1n) is 0.478. The molecule has 0 radical (unpaired) electrons. The van der Waals surface area contributed by atoms with Gasteiger partial charge in [0.2, 0.25) is 0 Å². The Morgan fingerprint density at radius 2 is 1.00 bits per heavy atom. The van der Waals surface area contributed by atoms with Crippen molar-refractivity contribution in [3.05, 3.63) is 0 Å². The third-order valence-electron chi connectivity index (χ3n) is 0. The summed E-state index contributed by atoms with van der Waals surface area (Å²) in [6, 6.07) is 0. The molecular formula is H8BrNaO6. The Morgan fingerprint density at radius 1 is 1.00 bits per heavy atom. The predicted molar refractivity (Wildman–Crippen MR) is 20.2 cm³/mol. The van der Waals surface area contributed by atoms with E-state index in [1.807, 2.05) is 0 Å². The molecule has 8 heavy (non-hydrogen) atoms. The quantitative estimate of drug-likeness (QED) is 0.391. The second-order valence-corrected chi connectivity index (χ2v) is 1.04. The van der Waals surface area contributed by atoms with Gasteiger partial charge >= 0.3 is 44.4 Å². The van der Waals surface area contributed by atoms with Gasteiger partial charge in [0.05, 0.1) is 0 Å². The van der Waals surface area contributed by atoms with Gasteiger partial charge in [-0.2, -0.15) is 0 Å². The van der Waals surface area contributed by atoms with E-state index in [4.69, 9.17) is 12.6 Å². The molecule has 0 aromatic carbocycles. The fraction of sp³-hybridized carbons (Fsp3) is 0. The molecule has 0 heterocycles. The Bertz CT molecular complexity index is 13.2. The van der Waals surface area contributed by atoms with Crippen LogP contribution in [0.4, 0.5) is 0 Å². The van der Waals surface area contributed by atoms with E-state index in [1.54, 1.807) is 0 Å². The largest absolute Gasteiger partial charge is 0.433 e. The average Bonchev–Trinajstić information content (AvgIpc) is 0.811. The third-order valence-corrected chi connectivity index (χ3v) is 0. The van der Waals surface area contributed by atoms with Crippen LogP contribution in [0.15, 0.2) is 0 Å². The van der Waals surface area contributed by atoms with Crippen LogP contribution in [0.5, 0.6) is 0 Å². The maximum Gasteiger partial charge on any atom is 0.433 e. The first kappa shape index (κ1) is 34.9. The molecule has 6 nitrogen and oxygen atoms in total. The van der Waals surface area contributed by atoms with Gasteiger partial charge in [0.1, 0.15) is 0 Å². The van der Waals surface area contributed by atoms with Gasteiger partial charge in [0.25, 0.3) is 0 Å². The number of halogens is 1. The van der Waals surface area contributed by atoms with Crippen LogP contribution in [0, 0.1) is 14.8 Å². The van der Waals surface area contributed by atoms with Crippen molar-refractivity contribution in [2.45, 2.75) is 0 Å². The minimum absolute atomic E-state index is 0. The molecular weight excluding hydrogens is 199 g/mol. The number of hydrogen-bond acceptors (Lipinski definition) is 3. The predicted octanol–water partition coefficient (Wildman–Crippen LogP) is -6.06. The first-order chi connectivity index (χ1) is 1.73. The van der Waals surface area contributed by atoms with Crippen LogP contribution in [0.25, 0.3) is 0 Å². The normalized spacial score (nSPS) is 4.50. The van der Waals surface area contributed by atoms with Crippen molar-refractivity contribution in [2.24, 2.45) is 0 Å². The molecule has 0 aliphatic heterocycles. The summed E-state index contributed by atoms with van der Waals surface area (Å²) in [4.78, 5) is 0. The van der Waals surface area contributed by atoms with Crippen molar-refractivity contribution in [3.8, 4) is 0 Å². The van der Waals surface area contributed by atoms with Crippen LogP contribution in [0.3, 0.4) is 0 Å². The van der Waals surface area contributed by atoms with Crippen LogP contribution in [-0.4, -0.2) is 50.2 Å². The van der Waals surface area contributed by atoms with E-state index in [9.17, 15) is 0 Å². The molecule has 52 valence electrons. The van der Waals surface area contributed by atoms with Crippen molar-refractivity contribution in [2.75, 3.05) is 0 Å². The summed E-state index contributed by atoms with van der Waals surface area (Å²) in [5, 5.41) is 0. The van der Waals surface area contributed by atoms with Crippen LogP contribution in [0.2, 0.25) is 0 Å². The maximum absolute atomic E-state index is 8.63. The molecule has 0 aliphatic rings. The van der Waals surface area contributed by atoms with Crippen molar-refractivity contribution >= 4 is 29.6 Å². The molecule has 0 atom stereocenters. The van der Waals surface area contributed by atoms with E-state index in [0.717, 1.165) is 0 Å². The Labute approximate surface area is 73.2 Å².